The molecule has 0 spiro atoms. The van der Waals surface area contributed by atoms with Crippen molar-refractivity contribution >= 4 is 28.5 Å². The van der Waals surface area contributed by atoms with Crippen molar-refractivity contribution in [2.75, 3.05) is 0 Å². The van der Waals surface area contributed by atoms with Gasteiger partial charge < -0.3 is 4.42 Å². The summed E-state index contributed by atoms with van der Waals surface area (Å²) in [6.07, 6.45) is 2.77. The number of carbonyl (C=O) groups excluding carboxylic acids is 1. The third kappa shape index (κ3) is 3.05. The van der Waals surface area contributed by atoms with Crippen LogP contribution in [0.5, 0.6) is 0 Å². The number of aryl methyl sites for hydroxylation is 1. The van der Waals surface area contributed by atoms with Crippen LogP contribution in [-0.2, 0) is 0 Å². The number of nitro groups is 1. The number of rotatable bonds is 4. The van der Waals surface area contributed by atoms with Crippen LogP contribution in [0.1, 0.15) is 21.0 Å². The molecule has 0 aliphatic heterocycles. The van der Waals surface area contributed by atoms with E-state index in [9.17, 15) is 14.9 Å². The zero-order chi connectivity index (χ0) is 13.8. The first-order chi connectivity index (χ1) is 9.08. The lowest BCUT2D eigenvalue weighted by Crippen LogP contribution is -2.17. The Morgan fingerprint density at radius 1 is 1.53 bits per heavy atom. The zero-order valence-corrected chi connectivity index (χ0v) is 10.6. The van der Waals surface area contributed by atoms with Gasteiger partial charge >= 0.3 is 5.00 Å². The third-order valence-corrected chi connectivity index (χ3v) is 3.23. The Bertz CT molecular complexity index is 644. The van der Waals surface area contributed by atoms with Crippen LogP contribution in [0.15, 0.2) is 34.0 Å². The van der Waals surface area contributed by atoms with Gasteiger partial charge in [0.15, 0.2) is 0 Å². The molecule has 0 saturated heterocycles. The minimum Gasteiger partial charge on any atom is -0.469 e. The molecule has 0 bridgehead atoms. The summed E-state index contributed by atoms with van der Waals surface area (Å²) < 4.78 is 4.99. The van der Waals surface area contributed by atoms with Gasteiger partial charge in [-0.15, -0.1) is 0 Å². The largest absolute Gasteiger partial charge is 0.469 e. The van der Waals surface area contributed by atoms with Gasteiger partial charge in [0.05, 0.1) is 27.8 Å². The molecule has 0 radical (unpaired) electrons. The van der Waals surface area contributed by atoms with Crippen LogP contribution in [0.4, 0.5) is 5.00 Å². The Morgan fingerprint density at radius 3 is 2.89 bits per heavy atom. The van der Waals surface area contributed by atoms with E-state index in [2.05, 4.69) is 10.5 Å². The van der Waals surface area contributed by atoms with E-state index in [4.69, 9.17) is 4.42 Å². The topological polar surface area (TPSA) is 97.7 Å². The molecule has 98 valence electrons. The summed E-state index contributed by atoms with van der Waals surface area (Å²) in [6.45, 7) is 1.67. The standard InChI is InChI=1S/C11H9N3O4S/c1-7-9(4-5-18-7)11(15)13-12-6-8-2-3-10(19-8)14(16)17/h2-6H,1H3,(H,13,15)/b12-6+. The van der Waals surface area contributed by atoms with Gasteiger partial charge in [0.1, 0.15) is 5.76 Å². The fraction of sp³-hybridized carbons (Fsp3) is 0.0909. The highest BCUT2D eigenvalue weighted by Gasteiger charge is 2.10. The Kier molecular flexibility index (Phi) is 3.71. The molecule has 2 aromatic rings. The number of hydrogen-bond donors (Lipinski definition) is 1. The average Bonchev–Trinajstić information content (AvgIpc) is 2.97. The minimum atomic E-state index is -0.477. The number of hydrogen-bond acceptors (Lipinski definition) is 6. The van der Waals surface area contributed by atoms with Crippen LogP contribution in [0.3, 0.4) is 0 Å². The molecule has 19 heavy (non-hydrogen) atoms. The molecule has 0 atom stereocenters. The smallest absolute Gasteiger partial charge is 0.324 e. The maximum Gasteiger partial charge on any atom is 0.324 e. The van der Waals surface area contributed by atoms with Crippen molar-refractivity contribution in [3.8, 4) is 0 Å². The summed E-state index contributed by atoms with van der Waals surface area (Å²) in [4.78, 5) is 22.2. The molecule has 1 N–H and O–H groups in total. The third-order valence-electron chi connectivity index (χ3n) is 2.25. The van der Waals surface area contributed by atoms with Crippen molar-refractivity contribution in [2.24, 2.45) is 5.10 Å². The highest BCUT2D eigenvalue weighted by Crippen LogP contribution is 2.22. The first-order valence-corrected chi connectivity index (χ1v) is 6.01. The van der Waals surface area contributed by atoms with E-state index in [1.54, 1.807) is 13.0 Å². The summed E-state index contributed by atoms with van der Waals surface area (Å²) in [7, 11) is 0. The SMILES string of the molecule is Cc1occc1C(=O)N/N=C/c1ccc([N+](=O)[O-])s1. The number of amides is 1. The van der Waals surface area contributed by atoms with Crippen LogP contribution in [-0.4, -0.2) is 17.0 Å². The van der Waals surface area contributed by atoms with Gasteiger partial charge in [-0.25, -0.2) is 5.43 Å². The second-order valence-corrected chi connectivity index (χ2v) is 4.62. The maximum atomic E-state index is 11.6. The van der Waals surface area contributed by atoms with E-state index >= 15 is 0 Å². The van der Waals surface area contributed by atoms with Gasteiger partial charge in [-0.1, -0.05) is 11.3 Å². The van der Waals surface area contributed by atoms with E-state index in [0.29, 0.717) is 16.2 Å². The van der Waals surface area contributed by atoms with Crippen LogP contribution in [0, 0.1) is 17.0 Å². The molecule has 0 unspecified atom stereocenters. The molecule has 0 aromatic carbocycles. The number of nitrogens with one attached hydrogen (secondary N) is 1. The molecular formula is C11H9N3O4S. The van der Waals surface area contributed by atoms with Crippen LogP contribution in [0.25, 0.3) is 0 Å². The highest BCUT2D eigenvalue weighted by atomic mass is 32.1. The summed E-state index contributed by atoms with van der Waals surface area (Å²) >= 11 is 0.975. The molecule has 0 fully saturated rings. The average molecular weight is 279 g/mol. The van der Waals surface area contributed by atoms with E-state index in [1.165, 1.54) is 24.6 Å². The lowest BCUT2D eigenvalue weighted by Gasteiger charge is -1.96. The van der Waals surface area contributed by atoms with E-state index < -0.39 is 10.8 Å². The van der Waals surface area contributed by atoms with E-state index in [-0.39, 0.29) is 5.00 Å². The Balaban J connectivity index is 1.98. The Hall–Kier alpha value is -2.48. The van der Waals surface area contributed by atoms with Gasteiger partial charge in [-0.05, 0) is 19.1 Å². The lowest BCUT2D eigenvalue weighted by atomic mass is 10.2. The van der Waals surface area contributed by atoms with Gasteiger partial charge in [0.2, 0.25) is 0 Å². The molecule has 0 aliphatic carbocycles. The number of furan rings is 1. The maximum absolute atomic E-state index is 11.6. The van der Waals surface area contributed by atoms with Gasteiger partial charge in [-0.2, -0.15) is 5.10 Å². The van der Waals surface area contributed by atoms with Crippen molar-refractivity contribution in [1.29, 1.82) is 0 Å². The van der Waals surface area contributed by atoms with Crippen LogP contribution in [0.2, 0.25) is 0 Å². The second kappa shape index (κ2) is 5.44. The molecule has 8 heteroatoms. The zero-order valence-electron chi connectivity index (χ0n) is 9.82. The van der Waals surface area contributed by atoms with Gasteiger partial charge in [0.25, 0.3) is 5.91 Å². The normalized spacial score (nSPS) is 10.8. The number of hydrazone groups is 1. The molecule has 2 heterocycles. The summed E-state index contributed by atoms with van der Waals surface area (Å²) in [5.74, 6) is 0.105. The van der Waals surface area contributed by atoms with Gasteiger partial charge in [0, 0.05) is 6.07 Å². The monoisotopic (exact) mass is 279 g/mol. The van der Waals surface area contributed by atoms with Crippen molar-refractivity contribution in [1.82, 2.24) is 5.43 Å². The molecule has 1 amide bonds. The second-order valence-electron chi connectivity index (χ2n) is 3.52. The van der Waals surface area contributed by atoms with E-state index in [1.807, 2.05) is 0 Å². The summed E-state index contributed by atoms with van der Waals surface area (Å²) in [5, 5.41) is 14.2. The molecule has 2 aromatic heterocycles. The van der Waals surface area contributed by atoms with Crippen molar-refractivity contribution < 1.29 is 14.1 Å². The lowest BCUT2D eigenvalue weighted by molar-refractivity contribution is -0.380. The molecule has 0 aliphatic rings. The predicted molar refractivity (Wildman–Crippen MR) is 69.5 cm³/mol. The number of thiophene rings is 1. The van der Waals surface area contributed by atoms with Crippen molar-refractivity contribution in [3.63, 3.8) is 0 Å². The summed E-state index contributed by atoms with van der Waals surface area (Å²) in [6, 6.07) is 4.48. The first kappa shape index (κ1) is 13.0. The molecule has 0 saturated carbocycles. The fourth-order valence-electron chi connectivity index (χ4n) is 1.34. The highest BCUT2D eigenvalue weighted by molar-refractivity contribution is 7.16. The number of carbonyl (C=O) groups is 1. The van der Waals surface area contributed by atoms with Crippen LogP contribution >= 0.6 is 11.3 Å². The predicted octanol–water partition coefficient (Wildman–Crippen LogP) is 2.32. The fourth-order valence-corrected chi connectivity index (χ4v) is 2.04. The summed E-state index contributed by atoms with van der Waals surface area (Å²) in [5.41, 5.74) is 2.72. The minimum absolute atomic E-state index is 0.0263. The Labute approximate surface area is 111 Å². The molecular weight excluding hydrogens is 270 g/mol. The van der Waals surface area contributed by atoms with Gasteiger partial charge in [-0.3, -0.25) is 14.9 Å². The molecule has 2 rings (SSSR count). The molecule has 7 nitrogen and oxygen atoms in total. The first-order valence-electron chi connectivity index (χ1n) is 5.19. The number of nitrogens with zero attached hydrogens (tertiary/aromatic N) is 2. The quantitative estimate of drug-likeness (QED) is 0.527. The Morgan fingerprint density at radius 2 is 2.32 bits per heavy atom. The van der Waals surface area contributed by atoms with Crippen LogP contribution < -0.4 is 5.43 Å². The van der Waals surface area contributed by atoms with Crippen molar-refractivity contribution in [3.05, 3.63) is 50.8 Å². The van der Waals surface area contributed by atoms with E-state index in [0.717, 1.165) is 11.3 Å². The van der Waals surface area contributed by atoms with Crippen molar-refractivity contribution in [2.45, 2.75) is 6.92 Å².